The third kappa shape index (κ3) is 3.58. The molecule has 32 heavy (non-hydrogen) atoms. The van der Waals surface area contributed by atoms with E-state index in [2.05, 4.69) is 25.6 Å². The van der Waals surface area contributed by atoms with Crippen LogP contribution in [0.25, 0.3) is 34.3 Å². The lowest BCUT2D eigenvalue weighted by molar-refractivity contribution is 0.0963. The molecule has 9 heteroatoms. The first-order chi connectivity index (χ1) is 15.6. The second kappa shape index (κ2) is 8.18. The van der Waals surface area contributed by atoms with Crippen molar-refractivity contribution in [2.75, 3.05) is 20.3 Å². The summed E-state index contributed by atoms with van der Waals surface area (Å²) >= 11 is 0. The monoisotopic (exact) mass is 430 g/mol. The molecular weight excluding hydrogens is 408 g/mol. The van der Waals surface area contributed by atoms with E-state index in [9.17, 15) is 4.79 Å². The van der Waals surface area contributed by atoms with Crippen LogP contribution in [-0.2, 0) is 7.05 Å². The standard InChI is InChI=1S/C23H22N6O3/c1-24-22(30)15-5-7-21-14(10-15)4-6-18-16-11-19(25-13-20(16)28-27-18)17-12-26-29(2)23(17)32-9-3-8-31-21/h4-7,10-13H,3,8-9H2,1-2H3,(H,24,30)(H,27,28)/b6-4+. The number of amides is 1. The number of aromatic amines is 1. The van der Waals surface area contributed by atoms with E-state index in [4.69, 9.17) is 9.47 Å². The summed E-state index contributed by atoms with van der Waals surface area (Å²) in [6, 6.07) is 7.34. The van der Waals surface area contributed by atoms with Crippen LogP contribution in [0.15, 0.2) is 36.7 Å². The van der Waals surface area contributed by atoms with Crippen molar-refractivity contribution in [1.29, 1.82) is 0 Å². The molecule has 3 aromatic heterocycles. The lowest BCUT2D eigenvalue weighted by Crippen LogP contribution is -2.17. The molecule has 0 atom stereocenters. The van der Waals surface area contributed by atoms with Crippen molar-refractivity contribution in [3.63, 3.8) is 0 Å². The van der Waals surface area contributed by atoms with Crippen LogP contribution in [-0.4, -0.2) is 51.1 Å². The van der Waals surface area contributed by atoms with Gasteiger partial charge in [-0.15, -0.1) is 0 Å². The quantitative estimate of drug-likeness (QED) is 0.481. The summed E-state index contributed by atoms with van der Waals surface area (Å²) in [7, 11) is 3.45. The molecule has 0 unspecified atom stereocenters. The van der Waals surface area contributed by atoms with Gasteiger partial charge in [-0.25, -0.2) is 4.68 Å². The minimum Gasteiger partial charge on any atom is -0.493 e. The average Bonchev–Trinajstić information content (AvgIpc) is 3.39. The molecule has 2 N–H and O–H groups in total. The van der Waals surface area contributed by atoms with Crippen molar-refractivity contribution in [2.45, 2.75) is 6.42 Å². The number of benzene rings is 1. The SMILES string of the molecule is CNC(=O)c1ccc2c(c1)/C=C/c1n[nH]c3cnc(cc13)-c1cnn(C)c1OCCCO2. The van der Waals surface area contributed by atoms with Crippen LogP contribution in [0, 0.1) is 0 Å². The fourth-order valence-electron chi connectivity index (χ4n) is 3.66. The van der Waals surface area contributed by atoms with E-state index < -0.39 is 0 Å². The van der Waals surface area contributed by atoms with E-state index in [1.54, 1.807) is 30.2 Å². The van der Waals surface area contributed by atoms with E-state index in [0.717, 1.165) is 33.4 Å². The summed E-state index contributed by atoms with van der Waals surface area (Å²) in [6.07, 6.45) is 8.00. The van der Waals surface area contributed by atoms with Crippen molar-refractivity contribution in [3.8, 4) is 22.9 Å². The number of pyridine rings is 1. The van der Waals surface area contributed by atoms with Gasteiger partial charge in [0.15, 0.2) is 0 Å². The number of rotatable bonds is 1. The summed E-state index contributed by atoms with van der Waals surface area (Å²) < 4.78 is 13.7. The van der Waals surface area contributed by atoms with Crippen LogP contribution in [0.5, 0.6) is 11.6 Å². The highest BCUT2D eigenvalue weighted by Gasteiger charge is 2.16. The van der Waals surface area contributed by atoms with Gasteiger partial charge in [0.05, 0.1) is 48.1 Å². The first-order valence-electron chi connectivity index (χ1n) is 10.3. The number of carbonyl (C=O) groups is 1. The fraction of sp³-hybridized carbons (Fsp3) is 0.217. The van der Waals surface area contributed by atoms with Gasteiger partial charge in [-0.1, -0.05) is 0 Å². The molecule has 1 aliphatic heterocycles. The van der Waals surface area contributed by atoms with E-state index in [1.807, 2.05) is 37.4 Å². The summed E-state index contributed by atoms with van der Waals surface area (Å²) in [4.78, 5) is 16.7. The molecule has 1 aromatic carbocycles. The van der Waals surface area contributed by atoms with Crippen molar-refractivity contribution in [1.82, 2.24) is 30.3 Å². The van der Waals surface area contributed by atoms with Crippen LogP contribution in [0.4, 0.5) is 0 Å². The van der Waals surface area contributed by atoms with Gasteiger partial charge >= 0.3 is 0 Å². The van der Waals surface area contributed by atoms with Gasteiger partial charge < -0.3 is 14.8 Å². The van der Waals surface area contributed by atoms with E-state index in [-0.39, 0.29) is 5.91 Å². The van der Waals surface area contributed by atoms with Crippen molar-refractivity contribution < 1.29 is 14.3 Å². The highest BCUT2D eigenvalue weighted by Crippen LogP contribution is 2.31. The molecule has 4 aromatic rings. The highest BCUT2D eigenvalue weighted by atomic mass is 16.5. The number of carbonyl (C=O) groups excluding carboxylic acids is 1. The Morgan fingerprint density at radius 2 is 2.03 bits per heavy atom. The first kappa shape index (κ1) is 19.8. The first-order valence-corrected chi connectivity index (χ1v) is 10.3. The van der Waals surface area contributed by atoms with Gasteiger partial charge in [-0.05, 0) is 36.4 Å². The minimum absolute atomic E-state index is 0.155. The summed E-state index contributed by atoms with van der Waals surface area (Å²) in [6.45, 7) is 0.930. The number of nitrogens with zero attached hydrogens (tertiary/aromatic N) is 4. The van der Waals surface area contributed by atoms with Gasteiger partial charge in [0, 0.05) is 37.0 Å². The Labute approximate surface area is 184 Å². The molecule has 4 heterocycles. The van der Waals surface area contributed by atoms with Crippen molar-refractivity contribution in [3.05, 3.63) is 53.5 Å². The number of hydrogen-bond acceptors (Lipinski definition) is 6. The Hall–Kier alpha value is -4.14. The van der Waals surface area contributed by atoms with Crippen LogP contribution in [0.3, 0.4) is 0 Å². The Bertz CT molecular complexity index is 1340. The molecule has 1 amide bonds. The molecule has 0 saturated carbocycles. The van der Waals surface area contributed by atoms with E-state index in [0.29, 0.717) is 36.8 Å². The number of aryl methyl sites for hydroxylation is 1. The van der Waals surface area contributed by atoms with E-state index >= 15 is 0 Å². The largest absolute Gasteiger partial charge is 0.493 e. The zero-order valence-corrected chi connectivity index (χ0v) is 17.8. The summed E-state index contributed by atoms with van der Waals surface area (Å²) in [5.74, 6) is 1.19. The maximum absolute atomic E-state index is 12.1. The second-order valence-corrected chi connectivity index (χ2v) is 7.43. The van der Waals surface area contributed by atoms with Crippen LogP contribution in [0.2, 0.25) is 0 Å². The lowest BCUT2D eigenvalue weighted by atomic mass is 10.1. The Balaban J connectivity index is 1.63. The molecule has 0 aliphatic carbocycles. The molecule has 2 bridgehead atoms. The molecule has 0 saturated heterocycles. The summed E-state index contributed by atoms with van der Waals surface area (Å²) in [5, 5.41) is 15.4. The number of fused-ring (bicyclic) bond motifs is 4. The molecular formula is C23H22N6O3. The maximum Gasteiger partial charge on any atom is 0.251 e. The number of ether oxygens (including phenoxy) is 2. The molecule has 9 nitrogen and oxygen atoms in total. The Morgan fingerprint density at radius 3 is 2.91 bits per heavy atom. The molecule has 162 valence electrons. The average molecular weight is 430 g/mol. The predicted molar refractivity (Wildman–Crippen MR) is 120 cm³/mol. The Kier molecular flexibility index (Phi) is 5.06. The topological polar surface area (TPSA) is 107 Å². The Morgan fingerprint density at radius 1 is 1.16 bits per heavy atom. The zero-order chi connectivity index (χ0) is 22.1. The molecule has 0 fully saturated rings. The second-order valence-electron chi connectivity index (χ2n) is 7.43. The smallest absolute Gasteiger partial charge is 0.251 e. The minimum atomic E-state index is -0.155. The van der Waals surface area contributed by atoms with E-state index in [1.165, 1.54) is 0 Å². The van der Waals surface area contributed by atoms with Crippen molar-refractivity contribution in [2.24, 2.45) is 7.05 Å². The molecule has 0 spiro atoms. The number of hydrogen-bond donors (Lipinski definition) is 2. The number of nitrogens with one attached hydrogen (secondary N) is 2. The van der Waals surface area contributed by atoms with Gasteiger partial charge in [-0.3, -0.25) is 14.9 Å². The maximum atomic E-state index is 12.1. The number of H-pyrrole nitrogens is 1. The summed E-state index contributed by atoms with van der Waals surface area (Å²) in [5.41, 5.74) is 4.49. The third-order valence-electron chi connectivity index (χ3n) is 5.34. The molecule has 0 radical (unpaired) electrons. The predicted octanol–water partition coefficient (Wildman–Crippen LogP) is 3.05. The fourth-order valence-corrected chi connectivity index (χ4v) is 3.66. The van der Waals surface area contributed by atoms with Gasteiger partial charge in [0.1, 0.15) is 5.75 Å². The van der Waals surface area contributed by atoms with Gasteiger partial charge in [0.25, 0.3) is 5.91 Å². The van der Waals surface area contributed by atoms with Gasteiger partial charge in [0.2, 0.25) is 5.88 Å². The van der Waals surface area contributed by atoms with Crippen LogP contribution < -0.4 is 14.8 Å². The lowest BCUT2D eigenvalue weighted by Gasteiger charge is -2.12. The van der Waals surface area contributed by atoms with Crippen LogP contribution in [0.1, 0.15) is 28.0 Å². The van der Waals surface area contributed by atoms with Crippen LogP contribution >= 0.6 is 0 Å². The zero-order valence-electron chi connectivity index (χ0n) is 17.8. The normalized spacial score (nSPS) is 14.4. The molecule has 5 rings (SSSR count). The number of aromatic nitrogens is 5. The third-order valence-corrected chi connectivity index (χ3v) is 5.34. The van der Waals surface area contributed by atoms with Crippen molar-refractivity contribution >= 4 is 29.0 Å². The van der Waals surface area contributed by atoms with Gasteiger partial charge in [-0.2, -0.15) is 10.2 Å². The molecule has 1 aliphatic rings. The highest BCUT2D eigenvalue weighted by molar-refractivity contribution is 5.96.